The van der Waals surface area contributed by atoms with Crippen molar-refractivity contribution >= 4 is 11.9 Å². The number of carbonyl (C=O) groups excluding carboxylic acids is 2. The molecule has 0 saturated carbocycles. The number of aromatic nitrogens is 4. The number of benzene rings is 2. The second-order valence-corrected chi connectivity index (χ2v) is 7.19. The molecule has 9 nitrogen and oxygen atoms in total. The van der Waals surface area contributed by atoms with Crippen LogP contribution in [-0.4, -0.2) is 37.0 Å². The van der Waals surface area contributed by atoms with Gasteiger partial charge < -0.3 is 5.32 Å². The predicted octanol–water partition coefficient (Wildman–Crippen LogP) is 2.52. The van der Waals surface area contributed by atoms with Crippen molar-refractivity contribution in [3.63, 3.8) is 0 Å². The summed E-state index contributed by atoms with van der Waals surface area (Å²) in [6.07, 6.45) is -4.49. The van der Waals surface area contributed by atoms with Gasteiger partial charge in [0.05, 0.1) is 29.4 Å². The van der Waals surface area contributed by atoms with Crippen LogP contribution < -0.4 is 5.32 Å². The lowest BCUT2D eigenvalue weighted by Crippen LogP contribution is -2.41. The van der Waals surface area contributed by atoms with E-state index < -0.39 is 29.2 Å². The van der Waals surface area contributed by atoms with Gasteiger partial charge in [0.25, 0.3) is 5.91 Å². The molecule has 1 aromatic heterocycles. The van der Waals surface area contributed by atoms with Gasteiger partial charge in [0.15, 0.2) is 5.82 Å². The monoisotopic (exact) mass is 441 g/mol. The molecular formula is C20H14F3N7O2. The summed E-state index contributed by atoms with van der Waals surface area (Å²) < 4.78 is 39.6. The average Bonchev–Trinajstić information content (AvgIpc) is 3.32. The fourth-order valence-electron chi connectivity index (χ4n) is 3.37. The Hall–Kier alpha value is -4.27. The number of amides is 3. The second-order valence-electron chi connectivity index (χ2n) is 7.19. The van der Waals surface area contributed by atoms with Crippen molar-refractivity contribution < 1.29 is 22.8 Å². The number of tetrazole rings is 1. The predicted molar refractivity (Wildman–Crippen MR) is 102 cm³/mol. The Morgan fingerprint density at radius 1 is 1.16 bits per heavy atom. The summed E-state index contributed by atoms with van der Waals surface area (Å²) >= 11 is 0. The van der Waals surface area contributed by atoms with Crippen LogP contribution in [0.4, 0.5) is 18.0 Å². The molecule has 1 atom stereocenters. The first kappa shape index (κ1) is 21.0. The minimum atomic E-state index is -4.49. The van der Waals surface area contributed by atoms with E-state index in [-0.39, 0.29) is 18.1 Å². The molecule has 0 bridgehead atoms. The van der Waals surface area contributed by atoms with Crippen LogP contribution in [0.15, 0.2) is 48.5 Å². The largest absolute Gasteiger partial charge is 0.416 e. The zero-order chi connectivity index (χ0) is 23.1. The summed E-state index contributed by atoms with van der Waals surface area (Å²) in [4.78, 5) is 26.6. The zero-order valence-corrected chi connectivity index (χ0v) is 16.5. The molecule has 3 aromatic rings. The minimum absolute atomic E-state index is 0.0725. The fraction of sp³-hybridized carbons (Fsp3) is 0.200. The summed E-state index contributed by atoms with van der Waals surface area (Å²) in [7, 11) is 0. The average molecular weight is 441 g/mol. The topological polar surface area (TPSA) is 117 Å². The van der Waals surface area contributed by atoms with Crippen LogP contribution in [0.2, 0.25) is 0 Å². The Bertz CT molecular complexity index is 1250. The molecule has 1 unspecified atom stereocenters. The summed E-state index contributed by atoms with van der Waals surface area (Å²) in [6, 6.07) is 11.7. The van der Waals surface area contributed by atoms with Gasteiger partial charge in [-0.05, 0) is 59.3 Å². The van der Waals surface area contributed by atoms with Gasteiger partial charge in [-0.1, -0.05) is 12.1 Å². The van der Waals surface area contributed by atoms with Crippen LogP contribution in [0.5, 0.6) is 0 Å². The lowest BCUT2D eigenvalue weighted by atomic mass is 9.91. The lowest BCUT2D eigenvalue weighted by molar-refractivity contribution is -0.137. The van der Waals surface area contributed by atoms with Crippen LogP contribution in [-0.2, 0) is 23.1 Å². The molecule has 1 N–H and O–H groups in total. The number of rotatable bonds is 4. The molecule has 0 aliphatic carbocycles. The molecule has 1 aliphatic heterocycles. The third-order valence-corrected chi connectivity index (χ3v) is 5.12. The smallest absolute Gasteiger partial charge is 0.319 e. The number of urea groups is 1. The second kappa shape index (κ2) is 7.45. The van der Waals surface area contributed by atoms with Gasteiger partial charge in [0.2, 0.25) is 0 Å². The van der Waals surface area contributed by atoms with Gasteiger partial charge >= 0.3 is 12.2 Å². The molecule has 1 aliphatic rings. The molecule has 2 aromatic carbocycles. The Kier molecular flexibility index (Phi) is 4.89. The van der Waals surface area contributed by atoms with Crippen molar-refractivity contribution in [3.8, 4) is 11.8 Å². The number of hydrogen-bond donors (Lipinski definition) is 1. The quantitative estimate of drug-likeness (QED) is 0.622. The number of nitriles is 1. The number of imide groups is 1. The van der Waals surface area contributed by atoms with Crippen molar-refractivity contribution in [1.29, 1.82) is 5.26 Å². The van der Waals surface area contributed by atoms with Crippen molar-refractivity contribution in [2.24, 2.45) is 0 Å². The van der Waals surface area contributed by atoms with E-state index in [1.54, 1.807) is 18.2 Å². The number of alkyl halides is 3. The third kappa shape index (κ3) is 3.53. The van der Waals surface area contributed by atoms with E-state index in [0.29, 0.717) is 11.1 Å². The maximum absolute atomic E-state index is 13.1. The van der Waals surface area contributed by atoms with E-state index >= 15 is 0 Å². The highest BCUT2D eigenvalue weighted by atomic mass is 19.4. The van der Waals surface area contributed by atoms with Crippen molar-refractivity contribution in [2.45, 2.75) is 25.2 Å². The van der Waals surface area contributed by atoms with E-state index in [4.69, 9.17) is 5.26 Å². The molecular weight excluding hydrogens is 427 g/mol. The fourth-order valence-corrected chi connectivity index (χ4v) is 3.37. The third-order valence-electron chi connectivity index (χ3n) is 5.12. The van der Waals surface area contributed by atoms with Crippen molar-refractivity contribution in [1.82, 2.24) is 30.4 Å². The van der Waals surface area contributed by atoms with Crippen LogP contribution in [0.1, 0.15) is 29.4 Å². The van der Waals surface area contributed by atoms with E-state index in [1.165, 1.54) is 25.1 Å². The SMILES string of the molecule is CC1(c2cccc(C#N)c2)NC(=O)N(Cc2nnnn2-c2ccc(C(F)(F)F)cc2)C1=O. The summed E-state index contributed by atoms with van der Waals surface area (Å²) in [6.45, 7) is 1.20. The zero-order valence-electron chi connectivity index (χ0n) is 16.5. The van der Waals surface area contributed by atoms with Gasteiger partial charge in [-0.3, -0.25) is 9.69 Å². The summed E-state index contributed by atoms with van der Waals surface area (Å²) in [5, 5.41) is 22.8. The van der Waals surface area contributed by atoms with E-state index in [0.717, 1.165) is 21.7 Å². The van der Waals surface area contributed by atoms with E-state index in [2.05, 4.69) is 20.8 Å². The van der Waals surface area contributed by atoms with Crippen LogP contribution in [0.3, 0.4) is 0 Å². The molecule has 1 saturated heterocycles. The first-order chi connectivity index (χ1) is 15.1. The molecule has 32 heavy (non-hydrogen) atoms. The number of hydrogen-bond acceptors (Lipinski definition) is 6. The highest BCUT2D eigenvalue weighted by molar-refractivity contribution is 6.07. The summed E-state index contributed by atoms with van der Waals surface area (Å²) in [5.74, 6) is -0.511. The molecule has 0 spiro atoms. The van der Waals surface area contributed by atoms with Crippen LogP contribution in [0.25, 0.3) is 5.69 Å². The van der Waals surface area contributed by atoms with Crippen LogP contribution in [0, 0.1) is 11.3 Å². The molecule has 2 heterocycles. The molecule has 4 rings (SSSR count). The Morgan fingerprint density at radius 2 is 1.88 bits per heavy atom. The van der Waals surface area contributed by atoms with Crippen molar-refractivity contribution in [3.05, 3.63) is 71.0 Å². The maximum Gasteiger partial charge on any atom is 0.416 e. The van der Waals surface area contributed by atoms with E-state index in [1.807, 2.05) is 6.07 Å². The van der Waals surface area contributed by atoms with Gasteiger partial charge in [0.1, 0.15) is 5.54 Å². The van der Waals surface area contributed by atoms with Gasteiger partial charge in [-0.15, -0.1) is 5.10 Å². The normalized spacial score (nSPS) is 18.5. The Morgan fingerprint density at radius 3 is 2.53 bits per heavy atom. The summed E-state index contributed by atoms with van der Waals surface area (Å²) in [5.41, 5.74) is -1.25. The highest BCUT2D eigenvalue weighted by Crippen LogP contribution is 2.31. The van der Waals surface area contributed by atoms with Gasteiger partial charge in [-0.2, -0.15) is 23.1 Å². The van der Waals surface area contributed by atoms with Crippen molar-refractivity contribution in [2.75, 3.05) is 0 Å². The van der Waals surface area contributed by atoms with Crippen LogP contribution >= 0.6 is 0 Å². The number of nitrogens with zero attached hydrogens (tertiary/aromatic N) is 6. The lowest BCUT2D eigenvalue weighted by Gasteiger charge is -2.22. The first-order valence-corrected chi connectivity index (χ1v) is 9.23. The van der Waals surface area contributed by atoms with Gasteiger partial charge in [0, 0.05) is 0 Å². The van der Waals surface area contributed by atoms with E-state index in [9.17, 15) is 22.8 Å². The maximum atomic E-state index is 13.1. The molecule has 12 heteroatoms. The Balaban J connectivity index is 1.61. The van der Waals surface area contributed by atoms with Gasteiger partial charge in [-0.25, -0.2) is 4.79 Å². The molecule has 162 valence electrons. The number of carbonyl (C=O) groups is 2. The molecule has 3 amide bonds. The molecule has 1 fully saturated rings. The standard InChI is InChI=1S/C20H14F3N7O2/c1-19(14-4-2-3-12(9-14)10-24)17(31)29(18(32)25-19)11-16-26-27-28-30(16)15-7-5-13(6-8-15)20(21,22)23/h2-9H,11H2,1H3,(H,25,32). The minimum Gasteiger partial charge on any atom is -0.319 e. The Labute approximate surface area is 179 Å². The highest BCUT2D eigenvalue weighted by Gasteiger charge is 2.49. The first-order valence-electron chi connectivity index (χ1n) is 9.23. The number of nitrogens with one attached hydrogen (secondary N) is 1. The molecule has 0 radical (unpaired) electrons. The number of halogens is 3.